The second-order valence-corrected chi connectivity index (χ2v) is 7.28. The number of hydrogen-bond donors (Lipinski definition) is 1. The molecule has 0 saturated carbocycles. The number of benzene rings is 3. The van der Waals surface area contributed by atoms with Gasteiger partial charge in [0.25, 0.3) is 5.91 Å². The molecular weight excluding hydrogens is 416 g/mol. The fourth-order valence-corrected chi connectivity index (χ4v) is 3.42. The molecule has 164 valence electrons. The van der Waals surface area contributed by atoms with Crippen molar-refractivity contribution in [3.05, 3.63) is 90.5 Å². The lowest BCUT2D eigenvalue weighted by atomic mass is 9.98. The highest BCUT2D eigenvalue weighted by molar-refractivity contribution is 5.97. The Balaban J connectivity index is 1.65. The normalized spacial score (nSPS) is 11.3. The zero-order valence-corrected chi connectivity index (χ0v) is 18.2. The van der Waals surface area contributed by atoms with E-state index < -0.39 is 12.0 Å². The van der Waals surface area contributed by atoms with E-state index in [9.17, 15) is 10.1 Å². The van der Waals surface area contributed by atoms with Gasteiger partial charge in [-0.3, -0.25) is 10.1 Å². The summed E-state index contributed by atoms with van der Waals surface area (Å²) >= 11 is 0. The number of carbonyl (C=O) groups is 1. The lowest BCUT2D eigenvalue weighted by Crippen LogP contribution is -2.30. The van der Waals surface area contributed by atoms with Gasteiger partial charge in [-0.15, -0.1) is 0 Å². The third-order valence-corrected chi connectivity index (χ3v) is 5.10. The Hall–Kier alpha value is -4.50. The van der Waals surface area contributed by atoms with Gasteiger partial charge >= 0.3 is 0 Å². The van der Waals surface area contributed by atoms with E-state index >= 15 is 0 Å². The molecule has 0 saturated heterocycles. The molecule has 4 rings (SSSR count). The van der Waals surface area contributed by atoms with Crippen molar-refractivity contribution in [3.63, 3.8) is 0 Å². The summed E-state index contributed by atoms with van der Waals surface area (Å²) in [5.74, 6) is 1.38. The third-order valence-electron chi connectivity index (χ3n) is 5.10. The van der Waals surface area contributed by atoms with Crippen LogP contribution in [0.15, 0.2) is 89.3 Å². The Kier molecular flexibility index (Phi) is 6.42. The fraction of sp³-hybridized carbons (Fsp3) is 0.111. The molecule has 6 nitrogen and oxygen atoms in total. The second-order valence-electron chi connectivity index (χ2n) is 7.28. The van der Waals surface area contributed by atoms with Crippen LogP contribution in [0.1, 0.15) is 12.5 Å². The molecule has 0 fully saturated rings. The Bertz CT molecular complexity index is 1270. The van der Waals surface area contributed by atoms with Crippen molar-refractivity contribution in [3.8, 4) is 40.0 Å². The molecule has 0 aliphatic heterocycles. The van der Waals surface area contributed by atoms with Gasteiger partial charge < -0.3 is 13.9 Å². The van der Waals surface area contributed by atoms with Gasteiger partial charge in [-0.05, 0) is 36.8 Å². The summed E-state index contributed by atoms with van der Waals surface area (Å²) in [7, 11) is 1.58. The van der Waals surface area contributed by atoms with Gasteiger partial charge in [0.1, 0.15) is 28.9 Å². The summed E-state index contributed by atoms with van der Waals surface area (Å²) in [5.41, 5.74) is 2.50. The monoisotopic (exact) mass is 438 g/mol. The van der Waals surface area contributed by atoms with Crippen molar-refractivity contribution in [1.29, 1.82) is 5.26 Å². The van der Waals surface area contributed by atoms with E-state index in [1.54, 1.807) is 38.3 Å². The Morgan fingerprint density at radius 1 is 0.909 bits per heavy atom. The number of methoxy groups -OCH3 is 1. The third kappa shape index (κ3) is 4.73. The molecular formula is C27H22N2O4. The van der Waals surface area contributed by atoms with Crippen LogP contribution in [0.5, 0.6) is 11.5 Å². The number of nitrogens with one attached hydrogen (secondary N) is 1. The first-order valence-electron chi connectivity index (χ1n) is 10.4. The predicted octanol–water partition coefficient (Wildman–Crippen LogP) is 5.90. The number of furan rings is 1. The average Bonchev–Trinajstić information content (AvgIpc) is 3.23. The lowest BCUT2D eigenvalue weighted by Gasteiger charge is -2.14. The predicted molar refractivity (Wildman–Crippen MR) is 126 cm³/mol. The van der Waals surface area contributed by atoms with Gasteiger partial charge in [0.2, 0.25) is 5.88 Å². The topological polar surface area (TPSA) is 84.5 Å². The van der Waals surface area contributed by atoms with Crippen LogP contribution in [-0.2, 0) is 4.79 Å². The smallest absolute Gasteiger partial charge is 0.267 e. The first-order chi connectivity index (χ1) is 16.1. The Morgan fingerprint density at radius 2 is 1.48 bits per heavy atom. The molecule has 0 aliphatic rings. The second kappa shape index (κ2) is 9.75. The lowest BCUT2D eigenvalue weighted by molar-refractivity contribution is -0.122. The number of rotatable bonds is 7. The zero-order chi connectivity index (χ0) is 23.2. The summed E-state index contributed by atoms with van der Waals surface area (Å²) < 4.78 is 16.9. The molecule has 0 aliphatic carbocycles. The van der Waals surface area contributed by atoms with Crippen molar-refractivity contribution >= 4 is 11.8 Å². The molecule has 0 spiro atoms. The van der Waals surface area contributed by atoms with Crippen LogP contribution in [-0.4, -0.2) is 19.1 Å². The summed E-state index contributed by atoms with van der Waals surface area (Å²) in [6.07, 6.45) is -0.824. The molecule has 1 N–H and O–H groups in total. The fourth-order valence-electron chi connectivity index (χ4n) is 3.42. The van der Waals surface area contributed by atoms with E-state index in [-0.39, 0.29) is 11.4 Å². The minimum absolute atomic E-state index is 0.0883. The first kappa shape index (κ1) is 21.7. The van der Waals surface area contributed by atoms with Gasteiger partial charge in [0.05, 0.1) is 7.11 Å². The van der Waals surface area contributed by atoms with Crippen LogP contribution in [0.3, 0.4) is 0 Å². The number of ether oxygens (including phenoxy) is 2. The minimum atomic E-state index is -0.824. The number of nitriles is 1. The highest BCUT2D eigenvalue weighted by Crippen LogP contribution is 2.41. The summed E-state index contributed by atoms with van der Waals surface area (Å²) in [4.78, 5) is 12.9. The quantitative estimate of drug-likeness (QED) is 0.388. The molecule has 1 atom stereocenters. The van der Waals surface area contributed by atoms with Crippen LogP contribution < -0.4 is 14.8 Å². The van der Waals surface area contributed by atoms with Crippen LogP contribution >= 0.6 is 0 Å². The molecule has 0 bridgehead atoms. The molecule has 1 aromatic heterocycles. The highest BCUT2D eigenvalue weighted by Gasteiger charge is 2.26. The summed E-state index contributed by atoms with van der Waals surface area (Å²) in [6, 6.07) is 28.1. The molecule has 1 heterocycles. The summed E-state index contributed by atoms with van der Waals surface area (Å²) in [5, 5.41) is 12.7. The van der Waals surface area contributed by atoms with Crippen molar-refractivity contribution in [2.45, 2.75) is 13.0 Å². The van der Waals surface area contributed by atoms with E-state index in [1.165, 1.54) is 0 Å². The van der Waals surface area contributed by atoms with Gasteiger partial charge in [0, 0.05) is 11.1 Å². The zero-order valence-electron chi connectivity index (χ0n) is 18.2. The number of nitrogens with zero attached hydrogens (tertiary/aromatic N) is 1. The van der Waals surface area contributed by atoms with Crippen molar-refractivity contribution < 1.29 is 18.7 Å². The molecule has 1 unspecified atom stereocenters. The van der Waals surface area contributed by atoms with E-state index in [0.717, 1.165) is 11.1 Å². The standard InChI is InChI=1S/C27H22N2O4/c1-18(32-22-15-13-21(31-2)14-16-22)26(30)29-27-23(17-28)24(19-9-5-3-6-10-19)25(33-27)20-11-7-4-8-12-20/h3-16,18H,1-2H3,(H,29,30). The van der Waals surface area contributed by atoms with E-state index in [1.807, 2.05) is 60.7 Å². The molecule has 0 radical (unpaired) electrons. The van der Waals surface area contributed by atoms with Crippen molar-refractivity contribution in [2.75, 3.05) is 12.4 Å². The van der Waals surface area contributed by atoms with Gasteiger partial charge in [0.15, 0.2) is 6.10 Å². The highest BCUT2D eigenvalue weighted by atomic mass is 16.5. The molecule has 1 amide bonds. The maximum atomic E-state index is 12.9. The van der Waals surface area contributed by atoms with Gasteiger partial charge in [-0.1, -0.05) is 60.7 Å². The maximum absolute atomic E-state index is 12.9. The van der Waals surface area contributed by atoms with Gasteiger partial charge in [-0.25, -0.2) is 0 Å². The molecule has 33 heavy (non-hydrogen) atoms. The Labute approximate surface area is 192 Å². The van der Waals surface area contributed by atoms with Crippen LogP contribution in [0.2, 0.25) is 0 Å². The van der Waals surface area contributed by atoms with Crippen LogP contribution in [0, 0.1) is 11.3 Å². The molecule has 4 aromatic rings. The van der Waals surface area contributed by atoms with E-state index in [4.69, 9.17) is 13.9 Å². The largest absolute Gasteiger partial charge is 0.497 e. The Morgan fingerprint density at radius 3 is 2.06 bits per heavy atom. The van der Waals surface area contributed by atoms with Crippen molar-refractivity contribution in [1.82, 2.24) is 0 Å². The van der Waals surface area contributed by atoms with Gasteiger partial charge in [-0.2, -0.15) is 5.26 Å². The first-order valence-corrected chi connectivity index (χ1v) is 10.4. The maximum Gasteiger partial charge on any atom is 0.267 e. The average molecular weight is 438 g/mol. The molecule has 6 heteroatoms. The van der Waals surface area contributed by atoms with Crippen molar-refractivity contribution in [2.24, 2.45) is 0 Å². The number of amides is 1. The molecule has 3 aromatic carbocycles. The van der Waals surface area contributed by atoms with Crippen LogP contribution in [0.4, 0.5) is 5.88 Å². The minimum Gasteiger partial charge on any atom is -0.497 e. The van der Waals surface area contributed by atoms with E-state index in [2.05, 4.69) is 11.4 Å². The SMILES string of the molecule is COc1ccc(OC(C)C(=O)Nc2oc(-c3ccccc3)c(-c3ccccc3)c2C#N)cc1. The number of carbonyl (C=O) groups excluding carboxylic acids is 1. The summed E-state index contributed by atoms with van der Waals surface area (Å²) in [6.45, 7) is 1.63. The van der Waals surface area contributed by atoms with E-state index in [0.29, 0.717) is 22.8 Å². The number of anilines is 1. The van der Waals surface area contributed by atoms with Crippen LogP contribution in [0.25, 0.3) is 22.5 Å². The number of hydrogen-bond acceptors (Lipinski definition) is 5.